The van der Waals surface area contributed by atoms with Crippen LogP contribution in [0.15, 0.2) is 24.3 Å². The number of hydrogen-bond donors (Lipinski definition) is 1. The Morgan fingerprint density at radius 1 is 1.06 bits per heavy atom. The van der Waals surface area contributed by atoms with Crippen LogP contribution in [0.3, 0.4) is 0 Å². The first kappa shape index (κ1) is 12.2. The maximum absolute atomic E-state index is 3.75. The van der Waals surface area contributed by atoms with E-state index in [1.165, 1.54) is 50.6 Å². The van der Waals surface area contributed by atoms with Gasteiger partial charge in [-0.1, -0.05) is 42.7 Å². The fraction of sp³-hybridized carbons (Fsp3) is 0.647. The summed E-state index contributed by atoms with van der Waals surface area (Å²) in [5, 5.41) is 3.75. The van der Waals surface area contributed by atoms with E-state index in [1.807, 2.05) is 0 Å². The van der Waals surface area contributed by atoms with Crippen molar-refractivity contribution >= 4 is 0 Å². The first-order valence-electron chi connectivity index (χ1n) is 7.63. The van der Waals surface area contributed by atoms with Gasteiger partial charge in [-0.25, -0.2) is 0 Å². The third kappa shape index (κ3) is 2.95. The normalized spacial score (nSPS) is 22.3. The Hall–Kier alpha value is -0.820. The van der Waals surface area contributed by atoms with Gasteiger partial charge in [-0.2, -0.15) is 0 Å². The van der Waals surface area contributed by atoms with E-state index in [0.717, 1.165) is 17.9 Å². The van der Waals surface area contributed by atoms with Crippen molar-refractivity contribution in [3.8, 4) is 0 Å². The SMILES string of the molecule is Cc1ccc(C(CNC2CC2)C2CCCC2)cc1. The Labute approximate surface area is 111 Å². The lowest BCUT2D eigenvalue weighted by molar-refractivity contribution is 0.410. The Kier molecular flexibility index (Phi) is 3.69. The van der Waals surface area contributed by atoms with E-state index >= 15 is 0 Å². The van der Waals surface area contributed by atoms with Gasteiger partial charge in [-0.05, 0) is 50.0 Å². The van der Waals surface area contributed by atoms with Crippen molar-refractivity contribution in [3.63, 3.8) is 0 Å². The van der Waals surface area contributed by atoms with Gasteiger partial charge in [-0.3, -0.25) is 0 Å². The predicted octanol–water partition coefficient (Wildman–Crippen LogP) is 4.02. The van der Waals surface area contributed by atoms with E-state index in [1.54, 1.807) is 5.56 Å². The first-order chi connectivity index (χ1) is 8.83. The molecule has 1 heteroatoms. The fourth-order valence-electron chi connectivity index (χ4n) is 3.31. The molecule has 0 amide bonds. The molecule has 1 aromatic carbocycles. The topological polar surface area (TPSA) is 12.0 Å². The van der Waals surface area contributed by atoms with Crippen molar-refractivity contribution in [3.05, 3.63) is 35.4 Å². The number of nitrogens with one attached hydrogen (secondary N) is 1. The van der Waals surface area contributed by atoms with Gasteiger partial charge in [0.05, 0.1) is 0 Å². The highest BCUT2D eigenvalue weighted by atomic mass is 14.9. The summed E-state index contributed by atoms with van der Waals surface area (Å²) in [5.41, 5.74) is 2.93. The molecule has 0 aromatic heterocycles. The van der Waals surface area contributed by atoms with Crippen LogP contribution in [0.5, 0.6) is 0 Å². The zero-order chi connectivity index (χ0) is 12.4. The van der Waals surface area contributed by atoms with E-state index in [0.29, 0.717) is 0 Å². The van der Waals surface area contributed by atoms with Gasteiger partial charge in [0.25, 0.3) is 0 Å². The fourth-order valence-corrected chi connectivity index (χ4v) is 3.31. The molecule has 2 saturated carbocycles. The summed E-state index contributed by atoms with van der Waals surface area (Å²) < 4.78 is 0. The number of benzene rings is 1. The average Bonchev–Trinajstić information content (AvgIpc) is 3.05. The second kappa shape index (κ2) is 5.44. The molecule has 98 valence electrons. The second-order valence-corrected chi connectivity index (χ2v) is 6.24. The minimum absolute atomic E-state index is 0.744. The third-order valence-corrected chi connectivity index (χ3v) is 4.68. The summed E-state index contributed by atoms with van der Waals surface area (Å²) in [4.78, 5) is 0. The molecule has 1 unspecified atom stereocenters. The molecule has 0 aliphatic heterocycles. The van der Waals surface area contributed by atoms with Crippen LogP contribution < -0.4 is 5.32 Å². The van der Waals surface area contributed by atoms with Crippen molar-refractivity contribution < 1.29 is 0 Å². The summed E-state index contributed by atoms with van der Waals surface area (Å²) in [6.07, 6.45) is 8.54. The third-order valence-electron chi connectivity index (χ3n) is 4.68. The van der Waals surface area contributed by atoms with Crippen LogP contribution >= 0.6 is 0 Å². The van der Waals surface area contributed by atoms with Crippen LogP contribution in [0.4, 0.5) is 0 Å². The Morgan fingerprint density at radius 3 is 2.33 bits per heavy atom. The van der Waals surface area contributed by atoms with Crippen molar-refractivity contribution in [2.24, 2.45) is 5.92 Å². The molecule has 1 nitrogen and oxygen atoms in total. The van der Waals surface area contributed by atoms with Gasteiger partial charge in [-0.15, -0.1) is 0 Å². The molecule has 2 aliphatic carbocycles. The minimum atomic E-state index is 0.744. The highest BCUT2D eigenvalue weighted by Crippen LogP contribution is 2.37. The van der Waals surface area contributed by atoms with Gasteiger partial charge >= 0.3 is 0 Å². The Bertz CT molecular complexity index is 371. The monoisotopic (exact) mass is 243 g/mol. The van der Waals surface area contributed by atoms with Gasteiger partial charge in [0, 0.05) is 12.6 Å². The Balaban J connectivity index is 1.71. The molecular formula is C17H25N. The maximum atomic E-state index is 3.75. The number of aryl methyl sites for hydroxylation is 1. The molecule has 1 N–H and O–H groups in total. The molecule has 18 heavy (non-hydrogen) atoms. The lowest BCUT2D eigenvalue weighted by Gasteiger charge is -2.24. The molecular weight excluding hydrogens is 218 g/mol. The molecule has 0 radical (unpaired) electrons. The first-order valence-corrected chi connectivity index (χ1v) is 7.63. The summed E-state index contributed by atoms with van der Waals surface area (Å²) in [6, 6.07) is 10.1. The molecule has 0 saturated heterocycles. The average molecular weight is 243 g/mol. The van der Waals surface area contributed by atoms with Gasteiger partial charge in [0.2, 0.25) is 0 Å². The van der Waals surface area contributed by atoms with Gasteiger partial charge < -0.3 is 5.32 Å². The van der Waals surface area contributed by atoms with Crippen LogP contribution in [-0.4, -0.2) is 12.6 Å². The summed E-state index contributed by atoms with van der Waals surface area (Å²) in [7, 11) is 0. The van der Waals surface area contributed by atoms with Crippen molar-refractivity contribution in [2.75, 3.05) is 6.54 Å². The lowest BCUT2D eigenvalue weighted by Crippen LogP contribution is -2.27. The highest BCUT2D eigenvalue weighted by molar-refractivity contribution is 5.25. The van der Waals surface area contributed by atoms with Crippen LogP contribution in [-0.2, 0) is 0 Å². The van der Waals surface area contributed by atoms with E-state index in [2.05, 4.69) is 36.5 Å². The van der Waals surface area contributed by atoms with E-state index < -0.39 is 0 Å². The Morgan fingerprint density at radius 2 is 1.72 bits per heavy atom. The highest BCUT2D eigenvalue weighted by Gasteiger charge is 2.28. The lowest BCUT2D eigenvalue weighted by atomic mass is 9.84. The number of rotatable bonds is 5. The molecule has 2 aliphatic rings. The molecule has 2 fully saturated rings. The van der Waals surface area contributed by atoms with Gasteiger partial charge in [0.1, 0.15) is 0 Å². The molecule has 0 spiro atoms. The molecule has 0 heterocycles. The van der Waals surface area contributed by atoms with Crippen molar-refractivity contribution in [1.82, 2.24) is 5.32 Å². The zero-order valence-electron chi connectivity index (χ0n) is 11.5. The largest absolute Gasteiger partial charge is 0.313 e. The van der Waals surface area contributed by atoms with Gasteiger partial charge in [0.15, 0.2) is 0 Å². The summed E-state index contributed by atoms with van der Waals surface area (Å²) >= 11 is 0. The van der Waals surface area contributed by atoms with Crippen LogP contribution in [0.2, 0.25) is 0 Å². The van der Waals surface area contributed by atoms with Crippen molar-refractivity contribution in [1.29, 1.82) is 0 Å². The van der Waals surface area contributed by atoms with E-state index in [-0.39, 0.29) is 0 Å². The maximum Gasteiger partial charge on any atom is 0.00684 e. The van der Waals surface area contributed by atoms with Crippen molar-refractivity contribution in [2.45, 2.75) is 57.4 Å². The zero-order valence-corrected chi connectivity index (χ0v) is 11.5. The minimum Gasteiger partial charge on any atom is -0.313 e. The van der Waals surface area contributed by atoms with E-state index in [9.17, 15) is 0 Å². The number of hydrogen-bond acceptors (Lipinski definition) is 1. The summed E-state index contributed by atoms with van der Waals surface area (Å²) in [5.74, 6) is 1.66. The quantitative estimate of drug-likeness (QED) is 0.823. The van der Waals surface area contributed by atoms with Crippen LogP contribution in [0.1, 0.15) is 55.6 Å². The van der Waals surface area contributed by atoms with Crippen LogP contribution in [0, 0.1) is 12.8 Å². The second-order valence-electron chi connectivity index (χ2n) is 6.24. The smallest absolute Gasteiger partial charge is 0.00684 e. The summed E-state index contributed by atoms with van der Waals surface area (Å²) in [6.45, 7) is 3.37. The van der Waals surface area contributed by atoms with E-state index in [4.69, 9.17) is 0 Å². The molecule has 0 bridgehead atoms. The predicted molar refractivity (Wildman–Crippen MR) is 76.9 cm³/mol. The molecule has 1 aromatic rings. The standard InChI is InChI=1S/C17H25N/c1-13-6-8-15(9-7-13)17(12-18-16-10-11-16)14-4-2-3-5-14/h6-9,14,16-18H,2-5,10-12H2,1H3. The molecule has 1 atom stereocenters. The molecule has 3 rings (SSSR count). The van der Waals surface area contributed by atoms with Crippen LogP contribution in [0.25, 0.3) is 0 Å².